The lowest BCUT2D eigenvalue weighted by Crippen LogP contribution is -2.55. The maximum atomic E-state index is 12.9. The largest absolute Gasteiger partial charge is 0.438 e. The molecule has 0 aromatic rings. The van der Waals surface area contributed by atoms with Gasteiger partial charge in [0.15, 0.2) is 0 Å². The summed E-state index contributed by atoms with van der Waals surface area (Å²) in [5.41, 5.74) is -2.16. The first kappa shape index (κ1) is 27.8. The van der Waals surface area contributed by atoms with E-state index in [9.17, 15) is 41.7 Å². The van der Waals surface area contributed by atoms with Gasteiger partial charge in [0.2, 0.25) is 0 Å². The highest BCUT2D eigenvalue weighted by Crippen LogP contribution is 2.57. The molecular formula is C26H32F6O3. The number of hydrogen-bond acceptors (Lipinski definition) is 3. The molecule has 35 heavy (non-hydrogen) atoms. The smallest absolute Gasteiger partial charge is 0.393 e. The second-order valence-corrected chi connectivity index (χ2v) is 10.3. The van der Waals surface area contributed by atoms with Gasteiger partial charge in [-0.2, -0.15) is 26.3 Å². The second kappa shape index (κ2) is 9.95. The summed E-state index contributed by atoms with van der Waals surface area (Å²) in [4.78, 5) is 0. The molecule has 3 aliphatic rings. The Bertz CT molecular complexity index is 923. The third kappa shape index (κ3) is 5.65. The molecule has 0 radical (unpaired) electrons. The number of aliphatic hydroxyl groups is 3. The first-order chi connectivity index (χ1) is 16.1. The fourth-order valence-corrected chi connectivity index (χ4v) is 5.89. The van der Waals surface area contributed by atoms with Crippen LogP contribution in [0.5, 0.6) is 0 Å². The van der Waals surface area contributed by atoms with Crippen molar-refractivity contribution in [1.29, 1.82) is 0 Å². The maximum Gasteiger partial charge on any atom is 0.438 e. The van der Waals surface area contributed by atoms with E-state index in [-0.39, 0.29) is 23.7 Å². The Hall–Kier alpha value is -1.76. The molecule has 9 heteroatoms. The van der Waals surface area contributed by atoms with Gasteiger partial charge in [0.1, 0.15) is 0 Å². The minimum atomic E-state index is -5.95. The molecular weight excluding hydrogens is 474 g/mol. The van der Waals surface area contributed by atoms with Gasteiger partial charge in [0.25, 0.3) is 0 Å². The molecule has 0 bridgehead atoms. The molecule has 0 aromatic carbocycles. The van der Waals surface area contributed by atoms with Crippen LogP contribution in [-0.4, -0.2) is 45.5 Å². The van der Waals surface area contributed by atoms with E-state index in [0.29, 0.717) is 19.3 Å². The summed E-state index contributed by atoms with van der Waals surface area (Å²) in [6, 6.07) is 0. The first-order valence-electron chi connectivity index (χ1n) is 11.9. The third-order valence-corrected chi connectivity index (χ3v) is 7.71. The lowest BCUT2D eigenvalue weighted by molar-refractivity contribution is -0.343. The van der Waals surface area contributed by atoms with E-state index in [1.165, 1.54) is 5.57 Å². The average Bonchev–Trinajstić information content (AvgIpc) is 3.07. The topological polar surface area (TPSA) is 60.7 Å². The summed E-state index contributed by atoms with van der Waals surface area (Å²) in [5.74, 6) is 2.81. The van der Waals surface area contributed by atoms with Crippen molar-refractivity contribution in [2.75, 3.05) is 0 Å². The Morgan fingerprint density at radius 3 is 2.26 bits per heavy atom. The zero-order valence-electron chi connectivity index (χ0n) is 19.8. The van der Waals surface area contributed by atoms with Crippen LogP contribution in [0.3, 0.4) is 0 Å². The number of allylic oxidation sites excluding steroid dienone is 5. The molecule has 5 atom stereocenters. The van der Waals surface area contributed by atoms with Gasteiger partial charge in [-0.05, 0) is 68.1 Å². The van der Waals surface area contributed by atoms with Gasteiger partial charge in [-0.1, -0.05) is 54.7 Å². The Morgan fingerprint density at radius 1 is 1.09 bits per heavy atom. The van der Waals surface area contributed by atoms with Crippen molar-refractivity contribution >= 4 is 0 Å². The third-order valence-electron chi connectivity index (χ3n) is 7.71. The molecule has 0 saturated heterocycles. The summed E-state index contributed by atoms with van der Waals surface area (Å²) < 4.78 is 77.3. The van der Waals surface area contributed by atoms with Crippen LogP contribution >= 0.6 is 0 Å². The summed E-state index contributed by atoms with van der Waals surface area (Å²) in [5, 5.41) is 29.1. The molecule has 0 aliphatic heterocycles. The number of alkyl halides is 6. The van der Waals surface area contributed by atoms with Crippen LogP contribution in [0.2, 0.25) is 0 Å². The van der Waals surface area contributed by atoms with Gasteiger partial charge in [0.05, 0.1) is 12.2 Å². The van der Waals surface area contributed by atoms with Crippen LogP contribution in [-0.2, 0) is 0 Å². The summed E-state index contributed by atoms with van der Waals surface area (Å²) in [6.45, 7) is 3.82. The van der Waals surface area contributed by atoms with E-state index in [2.05, 4.69) is 13.0 Å². The Labute approximate surface area is 201 Å². The van der Waals surface area contributed by atoms with E-state index in [4.69, 9.17) is 0 Å². The number of rotatable bonds is 3. The van der Waals surface area contributed by atoms with E-state index in [1.54, 1.807) is 6.92 Å². The quantitative estimate of drug-likeness (QED) is 0.259. The standard InChI is InChI=1S/C26H32F6O3/c1-16(5-3-12-24(35,25(27,28)29)26(30,31)32)21-9-10-22-18(6-4-11-23(21,22)2)8-7-17-13-19(33)15-20(34)14-17/h7-9,16,19-20,22,33-35H,4-6,10-11,13-15H2,1-2H3/b18-8-/t16-,19-,20-,22+,23-/m1/s1. The predicted molar refractivity (Wildman–Crippen MR) is 119 cm³/mol. The molecule has 3 rings (SSSR count). The molecule has 0 spiro atoms. The van der Waals surface area contributed by atoms with Gasteiger partial charge >= 0.3 is 18.0 Å². The van der Waals surface area contributed by atoms with E-state index >= 15 is 0 Å². The summed E-state index contributed by atoms with van der Waals surface area (Å²) >= 11 is 0. The molecule has 3 N–H and O–H groups in total. The highest BCUT2D eigenvalue weighted by atomic mass is 19.4. The number of fused-ring (bicyclic) bond motifs is 1. The van der Waals surface area contributed by atoms with E-state index in [0.717, 1.165) is 42.7 Å². The van der Waals surface area contributed by atoms with Crippen LogP contribution in [0, 0.1) is 29.1 Å². The normalized spacial score (nSPS) is 32.0. The summed E-state index contributed by atoms with van der Waals surface area (Å²) in [6.07, 6.45) is -2.46. The summed E-state index contributed by atoms with van der Waals surface area (Å²) in [7, 11) is 0. The van der Waals surface area contributed by atoms with Gasteiger partial charge in [-0.15, -0.1) is 0 Å². The van der Waals surface area contributed by atoms with Crippen molar-refractivity contribution in [2.45, 2.75) is 95.4 Å². The Kier molecular flexibility index (Phi) is 7.91. The predicted octanol–water partition coefficient (Wildman–Crippen LogP) is 5.77. The monoisotopic (exact) mass is 506 g/mol. The van der Waals surface area contributed by atoms with Crippen LogP contribution in [0.25, 0.3) is 0 Å². The minimum absolute atomic E-state index is 0.166. The Morgan fingerprint density at radius 2 is 1.69 bits per heavy atom. The highest BCUT2D eigenvalue weighted by Gasteiger charge is 2.70. The number of aliphatic hydroxyl groups excluding tert-OH is 2. The molecule has 0 amide bonds. The van der Waals surface area contributed by atoms with Crippen LogP contribution in [0.15, 0.2) is 34.9 Å². The number of halogens is 6. The highest BCUT2D eigenvalue weighted by molar-refractivity contribution is 5.35. The van der Waals surface area contributed by atoms with Crippen molar-refractivity contribution in [3.8, 4) is 11.8 Å². The van der Waals surface area contributed by atoms with Gasteiger partial charge in [0, 0.05) is 6.42 Å². The first-order valence-corrected chi connectivity index (χ1v) is 11.9. The van der Waals surface area contributed by atoms with Crippen molar-refractivity contribution in [3.63, 3.8) is 0 Å². The molecule has 3 nitrogen and oxygen atoms in total. The molecule has 0 aromatic heterocycles. The lowest BCUT2D eigenvalue weighted by Gasteiger charge is -2.42. The fraction of sp³-hybridized carbons (Fsp3) is 0.692. The number of hydrogen-bond donors (Lipinski definition) is 3. The molecule has 0 unspecified atom stereocenters. The molecule has 3 aliphatic carbocycles. The maximum absolute atomic E-state index is 12.9. The van der Waals surface area contributed by atoms with Gasteiger partial charge in [-0.3, -0.25) is 0 Å². The van der Waals surface area contributed by atoms with Gasteiger partial charge < -0.3 is 15.3 Å². The minimum Gasteiger partial charge on any atom is -0.393 e. The fourth-order valence-electron chi connectivity index (χ4n) is 5.89. The van der Waals surface area contributed by atoms with E-state index < -0.39 is 30.2 Å². The van der Waals surface area contributed by atoms with Crippen LogP contribution in [0.4, 0.5) is 26.3 Å². The van der Waals surface area contributed by atoms with E-state index in [1.807, 2.05) is 18.1 Å². The van der Waals surface area contributed by atoms with Crippen molar-refractivity contribution < 1.29 is 41.7 Å². The zero-order chi connectivity index (χ0) is 26.2. The second-order valence-electron chi connectivity index (χ2n) is 10.3. The van der Waals surface area contributed by atoms with Crippen LogP contribution in [0.1, 0.15) is 65.2 Å². The molecule has 196 valence electrons. The zero-order valence-corrected chi connectivity index (χ0v) is 19.8. The lowest BCUT2D eigenvalue weighted by atomic mass is 9.62. The van der Waals surface area contributed by atoms with Crippen molar-refractivity contribution in [1.82, 2.24) is 0 Å². The van der Waals surface area contributed by atoms with Crippen molar-refractivity contribution in [3.05, 3.63) is 34.9 Å². The van der Waals surface area contributed by atoms with Gasteiger partial charge in [-0.25, -0.2) is 0 Å². The molecule has 2 saturated carbocycles. The van der Waals surface area contributed by atoms with Crippen molar-refractivity contribution in [2.24, 2.45) is 17.3 Å². The Balaban J connectivity index is 1.75. The molecule has 2 fully saturated rings. The SMILES string of the molecule is C[C@H](CC#CC(O)(C(F)(F)F)C(F)(F)F)C1=CC[C@H]2/C(=C\C=C3C[C@@H](O)C[C@H](O)C3)CCC[C@]12C. The average molecular weight is 507 g/mol. The molecule has 0 heterocycles. The van der Waals surface area contributed by atoms with Crippen LogP contribution < -0.4 is 0 Å².